The van der Waals surface area contributed by atoms with Crippen molar-refractivity contribution in [3.05, 3.63) is 12.1 Å². The summed E-state index contributed by atoms with van der Waals surface area (Å²) in [6, 6.07) is 3.49. The number of nitrogens with zero attached hydrogens (tertiary/aromatic N) is 2. The number of hydrogen-bond donors (Lipinski definition) is 1. The van der Waals surface area contributed by atoms with E-state index in [1.807, 2.05) is 4.90 Å². The van der Waals surface area contributed by atoms with Gasteiger partial charge in [-0.3, -0.25) is 0 Å². The fourth-order valence-electron chi connectivity index (χ4n) is 1.72. The van der Waals surface area contributed by atoms with Gasteiger partial charge in [-0.05, 0) is 12.1 Å². The Kier molecular flexibility index (Phi) is 3.10. The van der Waals surface area contributed by atoms with Crippen LogP contribution in [0, 0.1) is 0 Å². The van der Waals surface area contributed by atoms with Gasteiger partial charge in [0.25, 0.3) is 0 Å². The number of aromatic nitrogens is 1. The third-order valence-corrected chi connectivity index (χ3v) is 4.35. The first-order chi connectivity index (χ1) is 8.02. The minimum Gasteiger partial charge on any atom is -0.479 e. The largest absolute Gasteiger partial charge is 0.479 e. The summed E-state index contributed by atoms with van der Waals surface area (Å²) in [6.45, 7) is 0.921. The zero-order valence-corrected chi connectivity index (χ0v) is 10.4. The van der Waals surface area contributed by atoms with Gasteiger partial charge in [0.1, 0.15) is 5.82 Å². The summed E-state index contributed by atoms with van der Waals surface area (Å²) in [7, 11) is -1.37. The summed E-state index contributed by atoms with van der Waals surface area (Å²) in [5, 5.41) is 0. The molecule has 1 aliphatic heterocycles. The number of nitrogen functional groups attached to an aromatic ring is 1. The van der Waals surface area contributed by atoms with E-state index in [4.69, 9.17) is 10.5 Å². The van der Waals surface area contributed by atoms with E-state index in [0.29, 0.717) is 30.5 Å². The summed E-state index contributed by atoms with van der Waals surface area (Å²) in [6.07, 6.45) is 0. The Bertz CT molecular complexity index is 502. The van der Waals surface area contributed by atoms with Crippen molar-refractivity contribution in [1.82, 2.24) is 4.98 Å². The Labute approximate surface area is 100 Å². The molecule has 2 rings (SSSR count). The van der Waals surface area contributed by atoms with Gasteiger partial charge in [0.05, 0.1) is 24.3 Å². The Morgan fingerprint density at radius 2 is 2.00 bits per heavy atom. The Morgan fingerprint density at radius 1 is 1.35 bits per heavy atom. The lowest BCUT2D eigenvalue weighted by Gasteiger charge is -2.27. The summed E-state index contributed by atoms with van der Waals surface area (Å²) < 4.78 is 27.7. The lowest BCUT2D eigenvalue weighted by molar-refractivity contribution is 0.400. The van der Waals surface area contributed by atoms with Crippen LogP contribution in [0.1, 0.15) is 0 Å². The highest BCUT2D eigenvalue weighted by atomic mass is 32.2. The maximum Gasteiger partial charge on any atom is 0.238 e. The summed E-state index contributed by atoms with van der Waals surface area (Å²) in [5.41, 5.74) is 6.14. The molecule has 0 unspecified atom stereocenters. The van der Waals surface area contributed by atoms with Gasteiger partial charge in [0.2, 0.25) is 5.88 Å². The molecule has 0 aromatic carbocycles. The van der Waals surface area contributed by atoms with Crippen LogP contribution < -0.4 is 15.4 Å². The van der Waals surface area contributed by atoms with Gasteiger partial charge in [-0.25, -0.2) is 8.42 Å². The van der Waals surface area contributed by atoms with Crippen molar-refractivity contribution in [2.45, 2.75) is 0 Å². The smallest absolute Gasteiger partial charge is 0.238 e. The van der Waals surface area contributed by atoms with Crippen LogP contribution in [0.25, 0.3) is 0 Å². The van der Waals surface area contributed by atoms with Crippen molar-refractivity contribution in [3.63, 3.8) is 0 Å². The molecule has 0 aliphatic carbocycles. The molecule has 1 aromatic rings. The predicted molar refractivity (Wildman–Crippen MR) is 66.1 cm³/mol. The molecule has 1 aromatic heterocycles. The molecule has 6 nitrogen and oxygen atoms in total. The van der Waals surface area contributed by atoms with Crippen LogP contribution in [0.2, 0.25) is 0 Å². The van der Waals surface area contributed by atoms with Crippen LogP contribution in [0.4, 0.5) is 11.5 Å². The quantitative estimate of drug-likeness (QED) is 0.796. The lowest BCUT2D eigenvalue weighted by Crippen LogP contribution is -2.40. The van der Waals surface area contributed by atoms with Gasteiger partial charge in [-0.1, -0.05) is 0 Å². The molecule has 1 aliphatic rings. The highest BCUT2D eigenvalue weighted by Crippen LogP contribution is 2.23. The van der Waals surface area contributed by atoms with Crippen LogP contribution in [-0.2, 0) is 9.84 Å². The van der Waals surface area contributed by atoms with Crippen molar-refractivity contribution in [1.29, 1.82) is 0 Å². The van der Waals surface area contributed by atoms with Crippen LogP contribution in [-0.4, -0.2) is 45.1 Å². The Balaban J connectivity index is 2.19. The molecule has 2 heterocycles. The SMILES string of the molecule is COc1nc(N2CCS(=O)(=O)CC2)ccc1N. The first-order valence-corrected chi connectivity index (χ1v) is 7.10. The standard InChI is InChI=1S/C10H15N3O3S/c1-16-10-8(11)2-3-9(12-10)13-4-6-17(14,15)7-5-13/h2-3H,4-7,11H2,1H3. The molecule has 7 heteroatoms. The van der Waals surface area contributed by atoms with Gasteiger partial charge < -0.3 is 15.4 Å². The fourth-order valence-corrected chi connectivity index (χ4v) is 2.92. The molecule has 94 valence electrons. The molecule has 2 N–H and O–H groups in total. The third kappa shape index (κ3) is 2.60. The van der Waals surface area contributed by atoms with Gasteiger partial charge >= 0.3 is 0 Å². The number of anilines is 2. The average Bonchev–Trinajstić information content (AvgIpc) is 2.30. The molecule has 17 heavy (non-hydrogen) atoms. The predicted octanol–water partition coefficient (Wildman–Crippen LogP) is -0.0928. The number of methoxy groups -OCH3 is 1. The average molecular weight is 257 g/mol. The summed E-state index contributed by atoms with van der Waals surface area (Å²) in [4.78, 5) is 6.17. The maximum atomic E-state index is 11.3. The van der Waals surface area contributed by atoms with Crippen molar-refractivity contribution in [2.24, 2.45) is 0 Å². The summed E-state index contributed by atoms with van der Waals surface area (Å²) >= 11 is 0. The molecule has 0 spiro atoms. The van der Waals surface area contributed by atoms with Gasteiger partial charge in [-0.2, -0.15) is 4.98 Å². The number of hydrogen-bond acceptors (Lipinski definition) is 6. The number of sulfone groups is 1. The molecule has 0 saturated carbocycles. The second kappa shape index (κ2) is 4.40. The van der Waals surface area contributed by atoms with E-state index in [0.717, 1.165) is 0 Å². The second-order valence-corrected chi connectivity index (χ2v) is 6.21. The van der Waals surface area contributed by atoms with E-state index in [1.54, 1.807) is 12.1 Å². The normalized spacial score (nSPS) is 19.0. The van der Waals surface area contributed by atoms with Crippen molar-refractivity contribution >= 4 is 21.3 Å². The number of rotatable bonds is 2. The first-order valence-electron chi connectivity index (χ1n) is 5.28. The van der Waals surface area contributed by atoms with Crippen LogP contribution in [0.15, 0.2) is 12.1 Å². The number of pyridine rings is 1. The van der Waals surface area contributed by atoms with Gasteiger partial charge in [0, 0.05) is 13.1 Å². The second-order valence-electron chi connectivity index (χ2n) is 3.91. The van der Waals surface area contributed by atoms with Crippen LogP contribution in [0.3, 0.4) is 0 Å². The van der Waals surface area contributed by atoms with E-state index in [-0.39, 0.29) is 11.5 Å². The van der Waals surface area contributed by atoms with E-state index >= 15 is 0 Å². The molecule has 0 amide bonds. The molecule has 1 saturated heterocycles. The van der Waals surface area contributed by atoms with E-state index in [2.05, 4.69) is 4.98 Å². The monoisotopic (exact) mass is 257 g/mol. The van der Waals surface area contributed by atoms with E-state index < -0.39 is 9.84 Å². The molecule has 1 fully saturated rings. The zero-order chi connectivity index (χ0) is 12.5. The number of nitrogens with two attached hydrogens (primary N) is 1. The topological polar surface area (TPSA) is 85.5 Å². The minimum absolute atomic E-state index is 0.168. The molecule has 0 atom stereocenters. The lowest BCUT2D eigenvalue weighted by atomic mass is 10.3. The van der Waals surface area contributed by atoms with Crippen molar-refractivity contribution < 1.29 is 13.2 Å². The van der Waals surface area contributed by atoms with E-state index in [1.165, 1.54) is 7.11 Å². The van der Waals surface area contributed by atoms with Crippen molar-refractivity contribution in [3.8, 4) is 5.88 Å². The van der Waals surface area contributed by atoms with Gasteiger partial charge in [-0.15, -0.1) is 0 Å². The maximum absolute atomic E-state index is 11.3. The highest BCUT2D eigenvalue weighted by Gasteiger charge is 2.22. The molecule has 0 radical (unpaired) electrons. The summed E-state index contributed by atoms with van der Waals surface area (Å²) in [5.74, 6) is 1.41. The van der Waals surface area contributed by atoms with E-state index in [9.17, 15) is 8.42 Å². The third-order valence-electron chi connectivity index (χ3n) is 2.74. The molecular weight excluding hydrogens is 242 g/mol. The highest BCUT2D eigenvalue weighted by molar-refractivity contribution is 7.91. The Morgan fingerprint density at radius 3 is 2.59 bits per heavy atom. The Hall–Kier alpha value is -1.50. The van der Waals surface area contributed by atoms with Crippen LogP contribution >= 0.6 is 0 Å². The molecule has 0 bridgehead atoms. The van der Waals surface area contributed by atoms with Crippen molar-refractivity contribution in [2.75, 3.05) is 42.3 Å². The molecular formula is C10H15N3O3S. The fraction of sp³-hybridized carbons (Fsp3) is 0.500. The van der Waals surface area contributed by atoms with Gasteiger partial charge in [0.15, 0.2) is 9.84 Å². The zero-order valence-electron chi connectivity index (χ0n) is 9.59. The minimum atomic E-state index is -2.87. The first kappa shape index (κ1) is 12.0. The van der Waals surface area contributed by atoms with Crippen LogP contribution in [0.5, 0.6) is 5.88 Å². The number of ether oxygens (including phenoxy) is 1.